The van der Waals surface area contributed by atoms with Gasteiger partial charge in [0, 0.05) is 21.4 Å². The van der Waals surface area contributed by atoms with Crippen LogP contribution in [-0.4, -0.2) is 4.98 Å². The van der Waals surface area contributed by atoms with Gasteiger partial charge >= 0.3 is 0 Å². The van der Waals surface area contributed by atoms with E-state index in [4.69, 9.17) is 9.40 Å². The largest absolute Gasteiger partial charge is 1.00 e. The molecule has 0 radical (unpaired) electrons. The van der Waals surface area contributed by atoms with Crippen molar-refractivity contribution in [3.05, 3.63) is 65.0 Å². The van der Waals surface area contributed by atoms with Crippen LogP contribution in [0.1, 0.15) is 23.8 Å². The van der Waals surface area contributed by atoms with Gasteiger partial charge in [-0.3, -0.25) is 0 Å². The molecule has 27 heavy (non-hydrogen) atoms. The van der Waals surface area contributed by atoms with E-state index >= 15 is 0 Å². The molecule has 1 aromatic carbocycles. The maximum Gasteiger partial charge on any atom is 0.134 e. The predicted molar refractivity (Wildman–Crippen MR) is 104 cm³/mol. The normalized spacial score (nSPS) is 16.1. The number of fused-ring (bicyclic) bond motifs is 3. The third-order valence-corrected chi connectivity index (χ3v) is 6.35. The second kappa shape index (κ2) is 7.10. The first-order chi connectivity index (χ1) is 12.7. The first-order valence-electron chi connectivity index (χ1n) is 8.95. The Hall–Kier alpha value is -2.17. The lowest BCUT2D eigenvalue weighted by molar-refractivity contribution is -0.00000617. The minimum absolute atomic E-state index is 0. The van der Waals surface area contributed by atoms with Gasteiger partial charge in [-0.15, -0.1) is 11.3 Å². The molecule has 0 bridgehead atoms. The van der Waals surface area contributed by atoms with Gasteiger partial charge in [-0.25, -0.2) is 9.37 Å². The summed E-state index contributed by atoms with van der Waals surface area (Å²) in [5, 5.41) is 1.19. The predicted octanol–water partition coefficient (Wildman–Crippen LogP) is 3.49. The molecule has 0 saturated heterocycles. The number of rotatable bonds is 2. The summed E-state index contributed by atoms with van der Waals surface area (Å²) >= 11 is 1.75. The molecule has 0 N–H and O–H groups in total. The zero-order valence-electron chi connectivity index (χ0n) is 14.8. The summed E-state index contributed by atoms with van der Waals surface area (Å²) in [6, 6.07) is 12.7. The molecule has 0 aliphatic heterocycles. The number of hydrogen-bond donors (Lipinski definition) is 0. The fourth-order valence-electron chi connectivity index (χ4n) is 3.88. The number of aryl methyl sites for hydroxylation is 1. The van der Waals surface area contributed by atoms with Crippen LogP contribution in [0.4, 0.5) is 4.39 Å². The lowest BCUT2D eigenvalue weighted by Crippen LogP contribution is -3.00. The van der Waals surface area contributed by atoms with Gasteiger partial charge in [-0.05, 0) is 61.1 Å². The van der Waals surface area contributed by atoms with Gasteiger partial charge in [-0.1, -0.05) is 19.1 Å². The summed E-state index contributed by atoms with van der Waals surface area (Å²) in [6.07, 6.45) is 5.06. The van der Waals surface area contributed by atoms with E-state index in [2.05, 4.69) is 6.92 Å². The fraction of sp³-hybridized carbons (Fsp3) is 0.227. The van der Waals surface area contributed by atoms with Crippen LogP contribution in [0.5, 0.6) is 0 Å². The van der Waals surface area contributed by atoms with Gasteiger partial charge in [0.05, 0.1) is 12.0 Å². The molecule has 0 spiro atoms. The third-order valence-electron chi connectivity index (χ3n) is 5.20. The van der Waals surface area contributed by atoms with Gasteiger partial charge < -0.3 is 16.8 Å². The molecule has 3 heterocycles. The Balaban J connectivity index is 0.00000180. The fourth-order valence-corrected chi connectivity index (χ4v) is 5.28. The molecular formula is C22H18ClFNOS-. The van der Waals surface area contributed by atoms with E-state index in [1.54, 1.807) is 29.7 Å². The molecule has 1 unspecified atom stereocenters. The van der Waals surface area contributed by atoms with Gasteiger partial charge in [0.15, 0.2) is 0 Å². The zero-order valence-corrected chi connectivity index (χ0v) is 16.4. The number of hydrogen-bond acceptors (Lipinski definition) is 3. The van der Waals surface area contributed by atoms with Crippen molar-refractivity contribution in [2.75, 3.05) is 0 Å². The van der Waals surface area contributed by atoms with Gasteiger partial charge in [-0.2, -0.15) is 0 Å². The summed E-state index contributed by atoms with van der Waals surface area (Å²) in [5.74, 6) is 1.27. The van der Waals surface area contributed by atoms with E-state index < -0.39 is 0 Å². The van der Waals surface area contributed by atoms with Gasteiger partial charge in [0.1, 0.15) is 16.4 Å². The van der Waals surface area contributed by atoms with Crippen molar-refractivity contribution in [1.82, 2.24) is 4.98 Å². The average molecular weight is 399 g/mol. The van der Waals surface area contributed by atoms with Crippen LogP contribution in [0, 0.1) is 11.7 Å². The average Bonchev–Trinajstić information content (AvgIpc) is 3.28. The molecule has 0 saturated carbocycles. The molecule has 3 aromatic heterocycles. The summed E-state index contributed by atoms with van der Waals surface area (Å²) in [7, 11) is 0. The van der Waals surface area contributed by atoms with Crippen LogP contribution in [0.2, 0.25) is 0 Å². The molecule has 1 aliphatic rings. The van der Waals surface area contributed by atoms with Gasteiger partial charge in [0.2, 0.25) is 0 Å². The second-order valence-electron chi connectivity index (χ2n) is 7.04. The molecule has 5 heteroatoms. The van der Waals surface area contributed by atoms with E-state index in [-0.39, 0.29) is 18.2 Å². The summed E-state index contributed by atoms with van der Waals surface area (Å²) in [5.41, 5.74) is 3.61. The minimum atomic E-state index is -0.250. The van der Waals surface area contributed by atoms with Crippen molar-refractivity contribution in [2.45, 2.75) is 26.2 Å². The van der Waals surface area contributed by atoms with Crippen LogP contribution < -0.4 is 12.4 Å². The molecule has 1 atom stereocenters. The molecule has 138 valence electrons. The van der Waals surface area contributed by atoms with Crippen LogP contribution in [0.25, 0.3) is 32.8 Å². The monoisotopic (exact) mass is 398 g/mol. The van der Waals surface area contributed by atoms with E-state index in [9.17, 15) is 4.39 Å². The Bertz CT molecular complexity index is 1100. The molecule has 0 amide bonds. The summed E-state index contributed by atoms with van der Waals surface area (Å²) < 4.78 is 20.1. The molecule has 2 nitrogen and oxygen atoms in total. The molecule has 0 fully saturated rings. The summed E-state index contributed by atoms with van der Waals surface area (Å²) in [4.78, 5) is 7.25. The minimum Gasteiger partial charge on any atom is -1.00 e. The highest BCUT2D eigenvalue weighted by Gasteiger charge is 2.24. The topological polar surface area (TPSA) is 26.0 Å². The Labute approximate surface area is 167 Å². The van der Waals surface area contributed by atoms with Crippen molar-refractivity contribution in [2.24, 2.45) is 5.92 Å². The lowest BCUT2D eigenvalue weighted by atomic mass is 9.88. The maximum atomic E-state index is 14.4. The summed E-state index contributed by atoms with van der Waals surface area (Å²) in [6.45, 7) is 2.30. The van der Waals surface area contributed by atoms with Crippen LogP contribution in [-0.2, 0) is 12.8 Å². The van der Waals surface area contributed by atoms with E-state index in [1.165, 1.54) is 28.3 Å². The number of halogens is 2. The third kappa shape index (κ3) is 3.07. The maximum absolute atomic E-state index is 14.4. The smallest absolute Gasteiger partial charge is 0.134 e. The Morgan fingerprint density at radius 3 is 2.78 bits per heavy atom. The number of aromatic nitrogens is 1. The Kier molecular flexibility index (Phi) is 4.79. The highest BCUT2D eigenvalue weighted by molar-refractivity contribution is 7.19. The number of furan rings is 1. The molecule has 4 aromatic rings. The highest BCUT2D eigenvalue weighted by Crippen LogP contribution is 2.43. The van der Waals surface area contributed by atoms with E-state index in [0.29, 0.717) is 17.2 Å². The Morgan fingerprint density at radius 2 is 2.00 bits per heavy atom. The van der Waals surface area contributed by atoms with Gasteiger partial charge in [0.25, 0.3) is 0 Å². The van der Waals surface area contributed by atoms with Crippen molar-refractivity contribution in [1.29, 1.82) is 0 Å². The molecule has 5 rings (SSSR count). The number of benzene rings is 1. The molecular weight excluding hydrogens is 381 g/mol. The van der Waals surface area contributed by atoms with E-state index in [0.717, 1.165) is 29.0 Å². The van der Waals surface area contributed by atoms with Crippen LogP contribution in [0.15, 0.2) is 53.1 Å². The van der Waals surface area contributed by atoms with Crippen LogP contribution >= 0.6 is 11.3 Å². The molecule has 1 aliphatic carbocycles. The van der Waals surface area contributed by atoms with E-state index in [1.807, 2.05) is 24.3 Å². The Morgan fingerprint density at radius 1 is 1.15 bits per heavy atom. The first-order valence-corrected chi connectivity index (χ1v) is 9.76. The van der Waals surface area contributed by atoms with Crippen molar-refractivity contribution >= 4 is 21.6 Å². The van der Waals surface area contributed by atoms with Crippen LogP contribution in [0.3, 0.4) is 0 Å². The quantitative estimate of drug-likeness (QED) is 0.516. The number of thiophene rings is 1. The second-order valence-corrected chi connectivity index (χ2v) is 8.13. The lowest BCUT2D eigenvalue weighted by Gasteiger charge is -2.18. The zero-order chi connectivity index (χ0) is 17.7. The number of nitrogens with zero attached hydrogens (tertiary/aromatic N) is 1. The standard InChI is InChI=1S/C22H18FNOS.ClH/c1-13-8-9-15-20(11-13)26-22-21(15)16(19-7-4-10-25-19)12-18(24-22)14-5-2-3-6-17(14)23;/h2-7,10,12-13H,8-9,11H2,1H3;1H/p-1. The first kappa shape index (κ1) is 18.2. The number of pyridine rings is 1. The SMILES string of the molecule is CC1CCc2c(sc3nc(-c4ccccc4F)cc(-c4ccco4)c23)C1.[Cl-]. The van der Waals surface area contributed by atoms with Crippen molar-refractivity contribution < 1.29 is 21.2 Å². The van der Waals surface area contributed by atoms with Crippen molar-refractivity contribution in [3.63, 3.8) is 0 Å². The van der Waals surface area contributed by atoms with Crippen molar-refractivity contribution in [3.8, 4) is 22.6 Å². The highest BCUT2D eigenvalue weighted by atomic mass is 35.5.